The molecule has 7 nitrogen and oxygen atoms in total. The number of nitrogens with zero attached hydrogens (tertiary/aromatic N) is 1. The molecule has 0 aromatic heterocycles. The molecule has 0 radical (unpaired) electrons. The normalized spacial score (nSPS) is 20.9. The van der Waals surface area contributed by atoms with Gasteiger partial charge >= 0.3 is 6.03 Å². The summed E-state index contributed by atoms with van der Waals surface area (Å²) in [6.45, 7) is 4.10. The molecule has 1 saturated heterocycles. The van der Waals surface area contributed by atoms with Crippen molar-refractivity contribution in [2.45, 2.75) is 89.1 Å². The molecule has 3 rings (SSSR count). The van der Waals surface area contributed by atoms with Crippen molar-refractivity contribution in [1.29, 1.82) is 0 Å². The maximum Gasteiger partial charge on any atom is 0.317 e. The molecule has 3 atom stereocenters. The third-order valence-corrected chi connectivity index (χ3v) is 8.43. The van der Waals surface area contributed by atoms with Crippen LogP contribution in [0, 0.1) is 17.7 Å². The fourth-order valence-corrected chi connectivity index (χ4v) is 6.65. The van der Waals surface area contributed by atoms with Gasteiger partial charge in [0.25, 0.3) is 0 Å². The van der Waals surface area contributed by atoms with Crippen molar-refractivity contribution in [3.63, 3.8) is 0 Å². The second kappa shape index (κ2) is 15.4. The number of rotatable bonds is 13. The number of piperidine rings is 1. The molecule has 8 heteroatoms. The molecule has 0 spiro atoms. The lowest BCUT2D eigenvalue weighted by Crippen LogP contribution is -2.58. The molecule has 3 N–H and O–H groups in total. The molecule has 1 heterocycles. The van der Waals surface area contributed by atoms with E-state index >= 15 is 0 Å². The average Bonchev–Trinajstić information content (AvgIpc) is 2.91. The standard InChI is InChI=1S/C30H49FN4O3/c1-23(36)34-30(16-7-8-18-38-3,25-13-9-15-27(31)20-25)26-14-10-17-35(22-26)29(37)33-28(21-32-2)19-24-11-5-4-6-12-24/h9,13,15,20,24,26,28,32H,4-8,10-12,14,16-19,21-22H2,1-3H3,(H,33,37)(H,34,36)/t26-,28+,30-/m1/s1. The Hall–Kier alpha value is -2.19. The van der Waals surface area contributed by atoms with Crippen LogP contribution in [-0.4, -0.2) is 63.3 Å². The van der Waals surface area contributed by atoms with E-state index in [4.69, 9.17) is 4.74 Å². The summed E-state index contributed by atoms with van der Waals surface area (Å²) in [5.41, 5.74) is 0.00957. The summed E-state index contributed by atoms with van der Waals surface area (Å²) in [4.78, 5) is 28.0. The number of hydrogen-bond donors (Lipinski definition) is 3. The summed E-state index contributed by atoms with van der Waals surface area (Å²) in [6.07, 6.45) is 11.4. The first-order chi connectivity index (χ1) is 18.4. The SMILES string of the molecule is CNC[C@H](CC1CCCCC1)NC(=O)N1CCC[C@@H]([C@](CCCCOC)(NC(C)=O)c2cccc(F)c2)C1. The fourth-order valence-electron chi connectivity index (χ4n) is 6.65. The highest BCUT2D eigenvalue weighted by atomic mass is 19.1. The van der Waals surface area contributed by atoms with Crippen molar-refractivity contribution in [2.75, 3.05) is 40.4 Å². The molecule has 1 aromatic rings. The lowest BCUT2D eigenvalue weighted by molar-refractivity contribution is -0.122. The van der Waals surface area contributed by atoms with E-state index < -0.39 is 5.54 Å². The third kappa shape index (κ3) is 8.67. The minimum atomic E-state index is -0.757. The molecule has 1 aromatic carbocycles. The molecule has 0 bridgehead atoms. The molecule has 2 aliphatic rings. The van der Waals surface area contributed by atoms with Gasteiger partial charge in [-0.2, -0.15) is 0 Å². The summed E-state index contributed by atoms with van der Waals surface area (Å²) >= 11 is 0. The number of methoxy groups -OCH3 is 1. The minimum absolute atomic E-state index is 0.0312. The van der Waals surface area contributed by atoms with Crippen molar-refractivity contribution in [1.82, 2.24) is 20.9 Å². The van der Waals surface area contributed by atoms with E-state index in [1.165, 1.54) is 45.1 Å². The van der Waals surface area contributed by atoms with Gasteiger partial charge in [0.2, 0.25) is 5.91 Å². The van der Waals surface area contributed by atoms with E-state index in [0.29, 0.717) is 32.0 Å². The summed E-state index contributed by atoms with van der Waals surface area (Å²) < 4.78 is 19.7. The number of urea groups is 1. The lowest BCUT2D eigenvalue weighted by atomic mass is 9.71. The van der Waals surface area contributed by atoms with Gasteiger partial charge in [-0.25, -0.2) is 9.18 Å². The van der Waals surface area contributed by atoms with Crippen molar-refractivity contribution >= 4 is 11.9 Å². The zero-order valence-electron chi connectivity index (χ0n) is 23.7. The lowest BCUT2D eigenvalue weighted by Gasteiger charge is -2.46. The van der Waals surface area contributed by atoms with Crippen LogP contribution in [0.4, 0.5) is 9.18 Å². The molecular formula is C30H49FN4O3. The molecule has 3 amide bonds. The Morgan fingerprint density at radius 1 is 1.16 bits per heavy atom. The van der Waals surface area contributed by atoms with Crippen molar-refractivity contribution in [2.24, 2.45) is 11.8 Å². The Labute approximate surface area is 228 Å². The maximum absolute atomic E-state index is 14.4. The van der Waals surface area contributed by atoms with Crippen LogP contribution in [0.1, 0.15) is 83.1 Å². The number of likely N-dealkylation sites (N-methyl/N-ethyl adjacent to an activating group) is 1. The second-order valence-electron chi connectivity index (χ2n) is 11.3. The van der Waals surface area contributed by atoms with E-state index in [1.54, 1.807) is 19.2 Å². The summed E-state index contributed by atoms with van der Waals surface area (Å²) in [6, 6.07) is 6.63. The van der Waals surface area contributed by atoms with Gasteiger partial charge in [-0.05, 0) is 69.2 Å². The number of carbonyl (C=O) groups is 2. The number of hydrogen-bond acceptors (Lipinski definition) is 4. The van der Waals surface area contributed by atoms with E-state index in [2.05, 4.69) is 16.0 Å². The Morgan fingerprint density at radius 3 is 2.63 bits per heavy atom. The molecular weight excluding hydrogens is 483 g/mol. The first-order valence-electron chi connectivity index (χ1n) is 14.6. The number of benzene rings is 1. The zero-order valence-corrected chi connectivity index (χ0v) is 23.7. The van der Waals surface area contributed by atoms with Gasteiger partial charge in [0.1, 0.15) is 5.82 Å². The molecule has 0 unspecified atom stereocenters. The number of halogens is 1. The fraction of sp³-hybridized carbons (Fsp3) is 0.733. The first-order valence-corrected chi connectivity index (χ1v) is 14.6. The summed E-state index contributed by atoms with van der Waals surface area (Å²) in [7, 11) is 3.61. The maximum atomic E-state index is 14.4. The Morgan fingerprint density at radius 2 is 1.95 bits per heavy atom. The van der Waals surface area contributed by atoms with Crippen LogP contribution in [0.25, 0.3) is 0 Å². The largest absolute Gasteiger partial charge is 0.385 e. The third-order valence-electron chi connectivity index (χ3n) is 8.43. The van der Waals surface area contributed by atoms with Crippen molar-refractivity contribution in [3.05, 3.63) is 35.6 Å². The second-order valence-corrected chi connectivity index (χ2v) is 11.3. The highest BCUT2D eigenvalue weighted by molar-refractivity contribution is 5.75. The summed E-state index contributed by atoms with van der Waals surface area (Å²) in [5, 5.41) is 9.81. The van der Waals surface area contributed by atoms with Gasteiger partial charge in [0.05, 0.1) is 5.54 Å². The van der Waals surface area contributed by atoms with Crippen LogP contribution >= 0.6 is 0 Å². The number of amides is 3. The van der Waals surface area contributed by atoms with Crippen molar-refractivity contribution < 1.29 is 18.7 Å². The quantitative estimate of drug-likeness (QED) is 0.314. The van der Waals surface area contributed by atoms with E-state index in [1.807, 2.05) is 18.0 Å². The Kier molecular flexibility index (Phi) is 12.3. The van der Waals surface area contributed by atoms with Gasteiger partial charge in [-0.15, -0.1) is 0 Å². The van der Waals surface area contributed by atoms with Crippen LogP contribution in [0.15, 0.2) is 24.3 Å². The van der Waals surface area contributed by atoms with Crippen molar-refractivity contribution in [3.8, 4) is 0 Å². The van der Waals surface area contributed by atoms with Gasteiger partial charge in [0.15, 0.2) is 0 Å². The number of likely N-dealkylation sites (tertiary alicyclic amines) is 1. The van der Waals surface area contributed by atoms with Gasteiger partial charge in [-0.1, -0.05) is 44.2 Å². The number of ether oxygens (including phenoxy) is 1. The monoisotopic (exact) mass is 532 g/mol. The highest BCUT2D eigenvalue weighted by Gasteiger charge is 2.43. The Bertz CT molecular complexity index is 879. The van der Waals surface area contributed by atoms with Crippen LogP contribution in [0.2, 0.25) is 0 Å². The predicted octanol–water partition coefficient (Wildman–Crippen LogP) is 4.95. The summed E-state index contributed by atoms with van der Waals surface area (Å²) in [5.74, 6) is 0.168. The van der Waals surface area contributed by atoms with Gasteiger partial charge in [-0.3, -0.25) is 4.79 Å². The molecule has 38 heavy (non-hydrogen) atoms. The Balaban J connectivity index is 1.79. The van der Waals surface area contributed by atoms with Gasteiger partial charge in [0, 0.05) is 52.2 Å². The predicted molar refractivity (Wildman–Crippen MR) is 149 cm³/mol. The van der Waals surface area contributed by atoms with Crippen LogP contribution in [0.5, 0.6) is 0 Å². The van der Waals surface area contributed by atoms with Crippen LogP contribution in [-0.2, 0) is 15.1 Å². The van der Waals surface area contributed by atoms with E-state index in [0.717, 1.165) is 44.2 Å². The van der Waals surface area contributed by atoms with Gasteiger partial charge < -0.3 is 25.6 Å². The first kappa shape index (κ1) is 30.4. The van der Waals surface area contributed by atoms with E-state index in [9.17, 15) is 14.0 Å². The number of unbranched alkanes of at least 4 members (excludes halogenated alkanes) is 1. The highest BCUT2D eigenvalue weighted by Crippen LogP contribution is 2.40. The number of carbonyl (C=O) groups excluding carboxylic acids is 2. The van der Waals surface area contributed by atoms with E-state index in [-0.39, 0.29) is 29.7 Å². The molecule has 214 valence electrons. The average molecular weight is 533 g/mol. The topological polar surface area (TPSA) is 82.7 Å². The molecule has 1 aliphatic carbocycles. The molecule has 1 aliphatic heterocycles. The van der Waals surface area contributed by atoms with Crippen LogP contribution < -0.4 is 16.0 Å². The molecule has 2 fully saturated rings. The zero-order chi connectivity index (χ0) is 27.4. The van der Waals surface area contributed by atoms with Crippen LogP contribution in [0.3, 0.4) is 0 Å². The molecule has 1 saturated carbocycles. The number of nitrogens with one attached hydrogen (secondary N) is 3. The smallest absolute Gasteiger partial charge is 0.317 e. The minimum Gasteiger partial charge on any atom is -0.385 e.